The van der Waals surface area contributed by atoms with Crippen molar-refractivity contribution in [1.82, 2.24) is 0 Å². The highest BCUT2D eigenvalue weighted by atomic mass is 16.7. The number of nitrogens with zero attached hydrogens (tertiary/aromatic N) is 2. The molecule has 2 heterocycles. The third-order valence-corrected chi connectivity index (χ3v) is 6.95. The Bertz CT molecular complexity index is 1400. The molecule has 1 atom stereocenters. The monoisotopic (exact) mass is 528 g/mol. The minimum atomic E-state index is -0.841. The van der Waals surface area contributed by atoms with Gasteiger partial charge in [0.25, 0.3) is 11.7 Å². The van der Waals surface area contributed by atoms with Crippen LogP contribution < -0.4 is 24.0 Å². The van der Waals surface area contributed by atoms with Gasteiger partial charge in [0.05, 0.1) is 18.2 Å². The van der Waals surface area contributed by atoms with Crippen LogP contribution in [-0.2, 0) is 9.59 Å². The topological polar surface area (TPSA) is 88.5 Å². The Morgan fingerprint density at radius 2 is 1.69 bits per heavy atom. The van der Waals surface area contributed by atoms with Crippen LogP contribution in [0, 0.1) is 0 Å². The Hall–Kier alpha value is -4.46. The Balaban J connectivity index is 1.55. The Morgan fingerprint density at radius 1 is 0.974 bits per heavy atom. The van der Waals surface area contributed by atoms with E-state index in [1.165, 1.54) is 4.90 Å². The van der Waals surface area contributed by atoms with Crippen molar-refractivity contribution in [2.75, 3.05) is 37.3 Å². The van der Waals surface area contributed by atoms with E-state index in [9.17, 15) is 14.7 Å². The van der Waals surface area contributed by atoms with Gasteiger partial charge in [-0.2, -0.15) is 0 Å². The van der Waals surface area contributed by atoms with E-state index >= 15 is 0 Å². The summed E-state index contributed by atoms with van der Waals surface area (Å²) in [4.78, 5) is 30.3. The fourth-order valence-electron chi connectivity index (χ4n) is 4.81. The summed E-state index contributed by atoms with van der Waals surface area (Å²) in [5, 5.41) is 11.4. The molecule has 1 amide bonds. The molecule has 8 heteroatoms. The van der Waals surface area contributed by atoms with Crippen molar-refractivity contribution in [1.29, 1.82) is 0 Å². The van der Waals surface area contributed by atoms with E-state index in [1.807, 2.05) is 43.3 Å². The number of anilines is 2. The zero-order chi connectivity index (χ0) is 27.5. The summed E-state index contributed by atoms with van der Waals surface area (Å²) in [6.45, 7) is 2.84. The number of hydrogen-bond donors (Lipinski definition) is 1. The molecule has 8 nitrogen and oxygen atoms in total. The molecule has 0 spiro atoms. The van der Waals surface area contributed by atoms with Crippen LogP contribution in [0.25, 0.3) is 5.76 Å². The maximum Gasteiger partial charge on any atom is 0.300 e. The highest BCUT2D eigenvalue weighted by Gasteiger charge is 2.47. The van der Waals surface area contributed by atoms with Crippen molar-refractivity contribution in [2.24, 2.45) is 0 Å². The predicted octanol–water partition coefficient (Wildman–Crippen LogP) is 5.68. The molecule has 202 valence electrons. The SMILES string of the molecule is CCCCCOc1ccc(/C(O)=C2\C(=O)C(=O)N(c3ccc4c(c3)OCO4)C2c2ccc(N(C)C)cc2)cc1. The molecular weight excluding hydrogens is 496 g/mol. The minimum Gasteiger partial charge on any atom is -0.507 e. The molecule has 1 saturated heterocycles. The summed E-state index contributed by atoms with van der Waals surface area (Å²) in [7, 11) is 3.87. The summed E-state index contributed by atoms with van der Waals surface area (Å²) in [6, 6.07) is 18.7. The molecule has 39 heavy (non-hydrogen) atoms. The summed E-state index contributed by atoms with van der Waals surface area (Å²) < 4.78 is 16.7. The molecule has 0 aliphatic carbocycles. The standard InChI is InChI=1S/C31H32N2O6/c1-4-5-6-17-37-24-14-9-21(10-15-24)29(34)27-28(20-7-11-22(12-8-20)32(2)3)33(31(36)30(27)35)23-13-16-25-26(18-23)39-19-38-25/h7-16,18,28,34H,4-6,17,19H2,1-3H3/b29-27+. The summed E-state index contributed by atoms with van der Waals surface area (Å²) >= 11 is 0. The number of carbonyl (C=O) groups is 2. The number of unbranched alkanes of at least 4 members (excludes halogenated alkanes) is 2. The van der Waals surface area contributed by atoms with E-state index < -0.39 is 17.7 Å². The molecule has 0 saturated carbocycles. The maximum absolute atomic E-state index is 13.5. The van der Waals surface area contributed by atoms with Gasteiger partial charge in [0.2, 0.25) is 6.79 Å². The molecule has 1 unspecified atom stereocenters. The summed E-state index contributed by atoms with van der Waals surface area (Å²) in [5.41, 5.74) is 2.57. The first-order valence-corrected chi connectivity index (χ1v) is 13.1. The second-order valence-electron chi connectivity index (χ2n) is 9.77. The fourth-order valence-corrected chi connectivity index (χ4v) is 4.81. The molecule has 0 aromatic heterocycles. The van der Waals surface area contributed by atoms with E-state index in [0.29, 0.717) is 40.7 Å². The second kappa shape index (κ2) is 11.1. The lowest BCUT2D eigenvalue weighted by molar-refractivity contribution is -0.132. The molecule has 2 aliphatic heterocycles. The largest absolute Gasteiger partial charge is 0.507 e. The van der Waals surface area contributed by atoms with Crippen LogP contribution in [0.5, 0.6) is 17.2 Å². The van der Waals surface area contributed by atoms with Crippen molar-refractivity contribution < 1.29 is 28.9 Å². The Morgan fingerprint density at radius 3 is 2.38 bits per heavy atom. The average molecular weight is 529 g/mol. The highest BCUT2D eigenvalue weighted by molar-refractivity contribution is 6.51. The number of aliphatic hydroxyl groups is 1. The second-order valence-corrected chi connectivity index (χ2v) is 9.77. The van der Waals surface area contributed by atoms with Crippen LogP contribution in [0.2, 0.25) is 0 Å². The van der Waals surface area contributed by atoms with Crippen LogP contribution in [0.3, 0.4) is 0 Å². The van der Waals surface area contributed by atoms with Crippen molar-refractivity contribution in [2.45, 2.75) is 32.2 Å². The zero-order valence-corrected chi connectivity index (χ0v) is 22.3. The minimum absolute atomic E-state index is 0.0203. The van der Waals surface area contributed by atoms with Gasteiger partial charge in [-0.3, -0.25) is 14.5 Å². The number of rotatable bonds is 9. The Labute approximate surface area is 228 Å². The zero-order valence-electron chi connectivity index (χ0n) is 22.3. The molecular formula is C31H32N2O6. The first kappa shape index (κ1) is 26.2. The number of amides is 1. The lowest BCUT2D eigenvalue weighted by Gasteiger charge is -2.26. The number of ether oxygens (including phenoxy) is 3. The van der Waals surface area contributed by atoms with E-state index in [2.05, 4.69) is 6.92 Å². The number of fused-ring (bicyclic) bond motifs is 1. The number of carbonyl (C=O) groups excluding carboxylic acids is 2. The Kier molecular flexibility index (Phi) is 7.45. The van der Waals surface area contributed by atoms with Crippen molar-refractivity contribution in [3.05, 3.63) is 83.4 Å². The van der Waals surface area contributed by atoms with Crippen LogP contribution in [0.1, 0.15) is 43.4 Å². The lowest BCUT2D eigenvalue weighted by Crippen LogP contribution is -2.29. The highest BCUT2D eigenvalue weighted by Crippen LogP contribution is 2.45. The van der Waals surface area contributed by atoms with Crippen LogP contribution in [-0.4, -0.2) is 44.3 Å². The molecule has 1 fully saturated rings. The van der Waals surface area contributed by atoms with Crippen LogP contribution in [0.15, 0.2) is 72.3 Å². The molecule has 2 aliphatic rings. The van der Waals surface area contributed by atoms with Gasteiger partial charge < -0.3 is 24.2 Å². The molecule has 0 radical (unpaired) electrons. The van der Waals surface area contributed by atoms with E-state index in [1.54, 1.807) is 42.5 Å². The third-order valence-electron chi connectivity index (χ3n) is 6.95. The quantitative estimate of drug-likeness (QED) is 0.166. The van der Waals surface area contributed by atoms with Gasteiger partial charge in [0.15, 0.2) is 11.5 Å². The van der Waals surface area contributed by atoms with Crippen LogP contribution in [0.4, 0.5) is 11.4 Å². The van der Waals surface area contributed by atoms with Gasteiger partial charge in [0.1, 0.15) is 11.5 Å². The van der Waals surface area contributed by atoms with Gasteiger partial charge >= 0.3 is 0 Å². The van der Waals surface area contributed by atoms with Crippen LogP contribution >= 0.6 is 0 Å². The van der Waals surface area contributed by atoms with E-state index in [-0.39, 0.29) is 18.1 Å². The first-order valence-electron chi connectivity index (χ1n) is 13.1. The normalized spacial score (nSPS) is 17.5. The summed E-state index contributed by atoms with van der Waals surface area (Å²) in [6.07, 6.45) is 3.17. The van der Waals surface area contributed by atoms with Crippen molar-refractivity contribution in [3.8, 4) is 17.2 Å². The van der Waals surface area contributed by atoms with Crippen molar-refractivity contribution in [3.63, 3.8) is 0 Å². The average Bonchev–Trinajstić information content (AvgIpc) is 3.52. The number of Topliss-reactive ketones (excluding diaryl/α,β-unsaturated/α-hetero) is 1. The van der Waals surface area contributed by atoms with Gasteiger partial charge in [-0.1, -0.05) is 31.9 Å². The smallest absolute Gasteiger partial charge is 0.300 e. The third kappa shape index (κ3) is 5.14. The van der Waals surface area contributed by atoms with E-state index in [4.69, 9.17) is 14.2 Å². The number of hydrogen-bond acceptors (Lipinski definition) is 7. The molecule has 3 aromatic rings. The fraction of sp³-hybridized carbons (Fsp3) is 0.290. The maximum atomic E-state index is 13.5. The van der Waals surface area contributed by atoms with Gasteiger partial charge in [0, 0.05) is 37.1 Å². The molecule has 3 aromatic carbocycles. The molecule has 0 bridgehead atoms. The van der Waals surface area contributed by atoms with Gasteiger partial charge in [-0.25, -0.2) is 0 Å². The van der Waals surface area contributed by atoms with E-state index in [0.717, 1.165) is 24.9 Å². The number of benzene rings is 3. The number of aliphatic hydroxyl groups excluding tert-OH is 1. The molecule has 5 rings (SSSR count). The molecule has 1 N–H and O–H groups in total. The number of ketones is 1. The van der Waals surface area contributed by atoms with Crippen molar-refractivity contribution >= 4 is 28.8 Å². The predicted molar refractivity (Wildman–Crippen MR) is 150 cm³/mol. The van der Waals surface area contributed by atoms with Gasteiger partial charge in [-0.15, -0.1) is 0 Å². The first-order chi connectivity index (χ1) is 18.9. The summed E-state index contributed by atoms with van der Waals surface area (Å²) in [5.74, 6) is 0.0136. The lowest BCUT2D eigenvalue weighted by atomic mass is 9.95. The van der Waals surface area contributed by atoms with Gasteiger partial charge in [-0.05, 0) is 60.5 Å².